The van der Waals surface area contributed by atoms with Crippen molar-refractivity contribution in [1.82, 2.24) is 24.2 Å². The van der Waals surface area contributed by atoms with Crippen LogP contribution in [0, 0.1) is 0 Å². The SMILES string of the molecule is CCn1nc(CO)c2c1CCN(C(=O)Cn1cnc3ccsc3c1=O)C2. The molecule has 3 aromatic heterocycles. The van der Waals surface area contributed by atoms with Gasteiger partial charge in [0.1, 0.15) is 11.2 Å². The number of aromatic nitrogens is 4. The Bertz CT molecular complexity index is 1030. The molecular weight excluding hydrogens is 354 g/mol. The molecule has 4 rings (SSSR count). The fraction of sp³-hybridized carbons (Fsp3) is 0.412. The highest BCUT2D eigenvalue weighted by atomic mass is 32.1. The van der Waals surface area contributed by atoms with Crippen molar-refractivity contribution in [3.05, 3.63) is 45.1 Å². The van der Waals surface area contributed by atoms with Gasteiger partial charge in [-0.2, -0.15) is 5.10 Å². The molecule has 0 aromatic carbocycles. The van der Waals surface area contributed by atoms with Gasteiger partial charge in [0.2, 0.25) is 5.91 Å². The average Bonchev–Trinajstić information content (AvgIpc) is 3.27. The second kappa shape index (κ2) is 6.65. The van der Waals surface area contributed by atoms with Crippen molar-refractivity contribution in [2.45, 2.75) is 39.6 Å². The molecule has 26 heavy (non-hydrogen) atoms. The number of aliphatic hydroxyl groups excluding tert-OH is 1. The molecule has 0 bridgehead atoms. The lowest BCUT2D eigenvalue weighted by Crippen LogP contribution is -2.40. The smallest absolute Gasteiger partial charge is 0.271 e. The van der Waals surface area contributed by atoms with Crippen molar-refractivity contribution in [1.29, 1.82) is 0 Å². The molecule has 0 saturated heterocycles. The minimum absolute atomic E-state index is 0.0363. The molecule has 1 aliphatic rings. The van der Waals surface area contributed by atoms with Crippen LogP contribution < -0.4 is 5.56 Å². The summed E-state index contributed by atoms with van der Waals surface area (Å²) >= 11 is 1.33. The zero-order valence-electron chi connectivity index (χ0n) is 14.4. The summed E-state index contributed by atoms with van der Waals surface area (Å²) in [6, 6.07) is 1.79. The molecule has 3 aromatic rings. The summed E-state index contributed by atoms with van der Waals surface area (Å²) in [5.41, 5.74) is 3.10. The maximum atomic E-state index is 12.7. The maximum absolute atomic E-state index is 12.7. The first-order valence-electron chi connectivity index (χ1n) is 8.51. The number of carbonyl (C=O) groups excluding carboxylic acids is 1. The van der Waals surface area contributed by atoms with Gasteiger partial charge in [0.05, 0.1) is 24.1 Å². The number of amides is 1. The molecule has 4 heterocycles. The molecular formula is C17H19N5O3S. The van der Waals surface area contributed by atoms with Gasteiger partial charge in [-0.1, -0.05) is 0 Å². The molecule has 9 heteroatoms. The Morgan fingerprint density at radius 3 is 3.04 bits per heavy atom. The van der Waals surface area contributed by atoms with Crippen LogP contribution in [-0.4, -0.2) is 41.8 Å². The lowest BCUT2D eigenvalue weighted by molar-refractivity contribution is -0.132. The van der Waals surface area contributed by atoms with Crippen molar-refractivity contribution < 1.29 is 9.90 Å². The molecule has 1 aliphatic heterocycles. The van der Waals surface area contributed by atoms with Crippen molar-refractivity contribution in [3.63, 3.8) is 0 Å². The Morgan fingerprint density at radius 2 is 2.27 bits per heavy atom. The van der Waals surface area contributed by atoms with Crippen LogP contribution in [0.4, 0.5) is 0 Å². The van der Waals surface area contributed by atoms with E-state index in [1.807, 2.05) is 17.0 Å². The predicted molar refractivity (Wildman–Crippen MR) is 96.8 cm³/mol. The van der Waals surface area contributed by atoms with E-state index < -0.39 is 0 Å². The number of hydrogen-bond donors (Lipinski definition) is 1. The van der Waals surface area contributed by atoms with Crippen LogP contribution in [0.2, 0.25) is 0 Å². The molecule has 0 saturated carbocycles. The van der Waals surface area contributed by atoms with E-state index >= 15 is 0 Å². The average molecular weight is 373 g/mol. The van der Waals surface area contributed by atoms with E-state index in [1.165, 1.54) is 22.2 Å². The number of thiophene rings is 1. The van der Waals surface area contributed by atoms with Crippen LogP contribution in [0.1, 0.15) is 23.9 Å². The van der Waals surface area contributed by atoms with Gasteiger partial charge >= 0.3 is 0 Å². The summed E-state index contributed by atoms with van der Waals surface area (Å²) in [5, 5.41) is 15.8. The largest absolute Gasteiger partial charge is 0.390 e. The quantitative estimate of drug-likeness (QED) is 0.728. The summed E-state index contributed by atoms with van der Waals surface area (Å²) in [7, 11) is 0. The minimum Gasteiger partial charge on any atom is -0.390 e. The Labute approximate surface area is 153 Å². The molecule has 8 nitrogen and oxygen atoms in total. The lowest BCUT2D eigenvalue weighted by Gasteiger charge is -2.28. The maximum Gasteiger partial charge on any atom is 0.271 e. The molecule has 0 aliphatic carbocycles. The molecule has 0 spiro atoms. The molecule has 0 atom stereocenters. The Morgan fingerprint density at radius 1 is 1.42 bits per heavy atom. The Balaban J connectivity index is 1.57. The number of rotatable bonds is 4. The Kier molecular flexibility index (Phi) is 4.33. The van der Waals surface area contributed by atoms with Gasteiger partial charge in [-0.3, -0.25) is 18.8 Å². The highest BCUT2D eigenvalue weighted by Gasteiger charge is 2.27. The number of aryl methyl sites for hydroxylation is 1. The van der Waals surface area contributed by atoms with Crippen LogP contribution in [0.3, 0.4) is 0 Å². The fourth-order valence-corrected chi connectivity index (χ4v) is 4.19. The molecule has 0 unspecified atom stereocenters. The molecule has 0 radical (unpaired) electrons. The zero-order valence-corrected chi connectivity index (χ0v) is 15.2. The lowest BCUT2D eigenvalue weighted by atomic mass is 10.1. The second-order valence-electron chi connectivity index (χ2n) is 6.22. The van der Waals surface area contributed by atoms with Crippen LogP contribution in [0.15, 0.2) is 22.6 Å². The monoisotopic (exact) mass is 373 g/mol. The third kappa shape index (κ3) is 2.73. The van der Waals surface area contributed by atoms with Gasteiger partial charge < -0.3 is 10.0 Å². The number of aliphatic hydroxyl groups is 1. The third-order valence-corrected chi connectivity index (χ3v) is 5.65. The van der Waals surface area contributed by atoms with Crippen LogP contribution in [0.25, 0.3) is 10.2 Å². The van der Waals surface area contributed by atoms with Gasteiger partial charge in [0.15, 0.2) is 0 Å². The molecule has 1 amide bonds. The summed E-state index contributed by atoms with van der Waals surface area (Å²) in [6.45, 7) is 3.55. The molecule has 0 fully saturated rings. The molecule has 136 valence electrons. The predicted octanol–water partition coefficient (Wildman–Crippen LogP) is 0.752. The third-order valence-electron chi connectivity index (χ3n) is 4.76. The minimum atomic E-state index is -0.189. The number of carbonyl (C=O) groups is 1. The van der Waals surface area contributed by atoms with Gasteiger partial charge in [-0.15, -0.1) is 11.3 Å². The van der Waals surface area contributed by atoms with E-state index in [9.17, 15) is 14.7 Å². The highest BCUT2D eigenvalue weighted by molar-refractivity contribution is 7.17. The van der Waals surface area contributed by atoms with Crippen molar-refractivity contribution in [2.75, 3.05) is 6.54 Å². The van der Waals surface area contributed by atoms with Crippen molar-refractivity contribution >= 4 is 27.5 Å². The van der Waals surface area contributed by atoms with Crippen LogP contribution in [-0.2, 0) is 37.5 Å². The number of hydrogen-bond acceptors (Lipinski definition) is 6. The number of nitrogens with zero attached hydrogens (tertiary/aromatic N) is 5. The van der Waals surface area contributed by atoms with E-state index in [1.54, 1.807) is 11.0 Å². The van der Waals surface area contributed by atoms with E-state index in [0.29, 0.717) is 35.4 Å². The van der Waals surface area contributed by atoms with Gasteiger partial charge in [-0.05, 0) is 18.4 Å². The molecule has 1 N–H and O–H groups in total. The van der Waals surface area contributed by atoms with Crippen LogP contribution in [0.5, 0.6) is 0 Å². The standard InChI is InChI=1S/C17H19N5O3S/c1-2-22-14-3-5-20(7-11(14)13(9-23)19-22)15(24)8-21-10-18-12-4-6-26-16(12)17(21)25/h4,6,10,23H,2-3,5,7-9H2,1H3. The summed E-state index contributed by atoms with van der Waals surface area (Å²) in [6.07, 6.45) is 2.12. The number of fused-ring (bicyclic) bond motifs is 2. The first-order valence-corrected chi connectivity index (χ1v) is 9.39. The van der Waals surface area contributed by atoms with E-state index in [4.69, 9.17) is 0 Å². The van der Waals surface area contributed by atoms with Gasteiger partial charge in [-0.25, -0.2) is 4.98 Å². The van der Waals surface area contributed by atoms with E-state index in [0.717, 1.165) is 17.8 Å². The van der Waals surface area contributed by atoms with Crippen LogP contribution >= 0.6 is 11.3 Å². The van der Waals surface area contributed by atoms with E-state index in [2.05, 4.69) is 10.1 Å². The van der Waals surface area contributed by atoms with Crippen molar-refractivity contribution in [2.24, 2.45) is 0 Å². The Hall–Kier alpha value is -2.52. The highest BCUT2D eigenvalue weighted by Crippen LogP contribution is 2.23. The summed E-state index contributed by atoms with van der Waals surface area (Å²) in [5.74, 6) is -0.136. The summed E-state index contributed by atoms with van der Waals surface area (Å²) < 4.78 is 3.81. The zero-order chi connectivity index (χ0) is 18.3. The summed E-state index contributed by atoms with van der Waals surface area (Å²) in [4.78, 5) is 31.1. The van der Waals surface area contributed by atoms with Gasteiger partial charge in [0, 0.05) is 37.3 Å². The van der Waals surface area contributed by atoms with Crippen molar-refractivity contribution in [3.8, 4) is 0 Å². The second-order valence-corrected chi connectivity index (χ2v) is 7.14. The first kappa shape index (κ1) is 16.9. The first-order chi connectivity index (χ1) is 12.6. The van der Waals surface area contributed by atoms with Gasteiger partial charge in [0.25, 0.3) is 5.56 Å². The fourth-order valence-electron chi connectivity index (χ4n) is 3.40. The van der Waals surface area contributed by atoms with E-state index in [-0.39, 0.29) is 24.6 Å². The normalized spacial score (nSPS) is 14.0. The topological polar surface area (TPSA) is 93.2 Å².